The number of benzene rings is 2. The van der Waals surface area contributed by atoms with Gasteiger partial charge in [0.05, 0.1) is 10.5 Å². The maximum absolute atomic E-state index is 13.7. The average molecular weight is 277 g/mol. The topological polar surface area (TPSA) is 38.0 Å². The number of phenolic OH excluding ortho intramolecular Hbond substituents is 1. The van der Waals surface area contributed by atoms with Gasteiger partial charge in [-0.05, 0) is 30.3 Å². The van der Waals surface area contributed by atoms with Crippen molar-refractivity contribution in [3.8, 4) is 17.1 Å². The second-order valence-corrected chi connectivity index (χ2v) is 4.68. The van der Waals surface area contributed by atoms with Gasteiger partial charge in [0.2, 0.25) is 0 Å². The monoisotopic (exact) mass is 276 g/mol. The van der Waals surface area contributed by atoms with Gasteiger partial charge < -0.3 is 9.67 Å². The van der Waals surface area contributed by atoms with E-state index in [-0.39, 0.29) is 16.6 Å². The Morgan fingerprint density at radius 2 is 2.05 bits per heavy atom. The molecule has 0 spiro atoms. The predicted molar refractivity (Wildman–Crippen MR) is 72.8 cm³/mol. The van der Waals surface area contributed by atoms with Gasteiger partial charge in [-0.25, -0.2) is 9.37 Å². The molecule has 0 amide bonds. The molecule has 96 valence electrons. The zero-order valence-electron chi connectivity index (χ0n) is 10.1. The summed E-state index contributed by atoms with van der Waals surface area (Å²) in [7, 11) is 1.81. The normalized spacial score (nSPS) is 11.1. The number of nitrogens with zero attached hydrogens (tertiary/aromatic N) is 2. The molecule has 1 N–H and O–H groups in total. The summed E-state index contributed by atoms with van der Waals surface area (Å²) >= 11 is 5.88. The Bertz CT molecular complexity index is 782. The number of fused-ring (bicyclic) bond motifs is 1. The van der Waals surface area contributed by atoms with Gasteiger partial charge in [0.15, 0.2) is 5.82 Å². The fourth-order valence-corrected chi connectivity index (χ4v) is 2.27. The van der Waals surface area contributed by atoms with Crippen molar-refractivity contribution in [2.24, 2.45) is 7.05 Å². The quantitative estimate of drug-likeness (QED) is 0.735. The molecule has 2 aromatic carbocycles. The first-order valence-electron chi connectivity index (χ1n) is 5.68. The van der Waals surface area contributed by atoms with E-state index in [1.807, 2.05) is 7.05 Å². The van der Waals surface area contributed by atoms with Crippen molar-refractivity contribution in [1.82, 2.24) is 9.55 Å². The maximum Gasteiger partial charge on any atom is 0.151 e. The molecule has 0 unspecified atom stereocenters. The Labute approximate surface area is 113 Å². The molecule has 19 heavy (non-hydrogen) atoms. The van der Waals surface area contributed by atoms with Gasteiger partial charge in [0.25, 0.3) is 0 Å². The molecule has 0 bridgehead atoms. The third kappa shape index (κ3) is 1.85. The van der Waals surface area contributed by atoms with E-state index >= 15 is 0 Å². The molecule has 0 saturated carbocycles. The summed E-state index contributed by atoms with van der Waals surface area (Å²) in [6.07, 6.45) is 0. The molecule has 3 nitrogen and oxygen atoms in total. The van der Waals surface area contributed by atoms with E-state index in [1.165, 1.54) is 12.1 Å². The highest BCUT2D eigenvalue weighted by atomic mass is 35.5. The molecule has 0 saturated heterocycles. The molecule has 0 radical (unpaired) electrons. The van der Waals surface area contributed by atoms with Crippen LogP contribution in [-0.4, -0.2) is 14.7 Å². The van der Waals surface area contributed by atoms with Crippen molar-refractivity contribution >= 4 is 22.6 Å². The molecule has 0 aliphatic carbocycles. The molecule has 0 atom stereocenters. The number of halogens is 2. The number of phenols is 1. The smallest absolute Gasteiger partial charge is 0.151 e. The first-order chi connectivity index (χ1) is 9.08. The van der Waals surface area contributed by atoms with E-state index in [1.54, 1.807) is 28.8 Å². The van der Waals surface area contributed by atoms with Crippen molar-refractivity contribution in [3.63, 3.8) is 0 Å². The van der Waals surface area contributed by atoms with E-state index in [2.05, 4.69) is 4.98 Å². The van der Waals surface area contributed by atoms with Crippen LogP contribution in [0.5, 0.6) is 5.75 Å². The minimum absolute atomic E-state index is 0.00959. The lowest BCUT2D eigenvalue weighted by molar-refractivity contribution is 0.475. The van der Waals surface area contributed by atoms with E-state index in [0.717, 1.165) is 5.56 Å². The Morgan fingerprint density at radius 1 is 1.26 bits per heavy atom. The van der Waals surface area contributed by atoms with Gasteiger partial charge in [-0.2, -0.15) is 0 Å². The van der Waals surface area contributed by atoms with Crippen LogP contribution in [0, 0.1) is 5.82 Å². The fraction of sp³-hybridized carbons (Fsp3) is 0.0714. The van der Waals surface area contributed by atoms with Gasteiger partial charge in [-0.3, -0.25) is 0 Å². The van der Waals surface area contributed by atoms with E-state index in [4.69, 9.17) is 11.6 Å². The van der Waals surface area contributed by atoms with Crippen molar-refractivity contribution in [2.45, 2.75) is 0 Å². The van der Waals surface area contributed by atoms with Gasteiger partial charge in [-0.15, -0.1) is 0 Å². The summed E-state index contributed by atoms with van der Waals surface area (Å²) in [6.45, 7) is 0. The van der Waals surface area contributed by atoms with Crippen LogP contribution in [0.4, 0.5) is 4.39 Å². The van der Waals surface area contributed by atoms with Crippen molar-refractivity contribution in [1.29, 1.82) is 0 Å². The van der Waals surface area contributed by atoms with Crippen molar-refractivity contribution in [3.05, 3.63) is 47.2 Å². The molecule has 0 aliphatic rings. The van der Waals surface area contributed by atoms with Gasteiger partial charge >= 0.3 is 0 Å². The lowest BCUT2D eigenvalue weighted by atomic mass is 10.2. The predicted octanol–water partition coefficient (Wildman–Crippen LogP) is 3.74. The van der Waals surface area contributed by atoms with E-state index in [0.29, 0.717) is 16.9 Å². The lowest BCUT2D eigenvalue weighted by Crippen LogP contribution is -1.92. The van der Waals surface area contributed by atoms with Gasteiger partial charge in [0.1, 0.15) is 17.1 Å². The summed E-state index contributed by atoms with van der Waals surface area (Å²) < 4.78 is 15.5. The van der Waals surface area contributed by atoms with Gasteiger partial charge in [-0.1, -0.05) is 17.7 Å². The first kappa shape index (κ1) is 12.0. The fourth-order valence-electron chi connectivity index (χ4n) is 2.08. The second-order valence-electron chi connectivity index (χ2n) is 4.27. The Morgan fingerprint density at radius 3 is 2.74 bits per heavy atom. The zero-order valence-corrected chi connectivity index (χ0v) is 10.8. The molecule has 0 fully saturated rings. The summed E-state index contributed by atoms with van der Waals surface area (Å²) in [5, 5.41) is 9.67. The molecular formula is C14H10ClFN2O. The second kappa shape index (κ2) is 4.24. The summed E-state index contributed by atoms with van der Waals surface area (Å²) in [6, 6.07) is 9.62. The minimum Gasteiger partial charge on any atom is -0.506 e. The molecule has 5 heteroatoms. The van der Waals surface area contributed by atoms with Crippen molar-refractivity contribution < 1.29 is 9.50 Å². The SMILES string of the molecule is Cn1c(-c2ccc(O)c(Cl)c2)nc2c(F)cccc21. The van der Waals surface area contributed by atoms with Crippen LogP contribution in [-0.2, 0) is 7.05 Å². The van der Waals surface area contributed by atoms with Crippen LogP contribution >= 0.6 is 11.6 Å². The number of para-hydroxylation sites is 1. The number of aromatic hydroxyl groups is 1. The standard InChI is InChI=1S/C14H10ClFN2O/c1-18-11-4-2-3-10(16)13(11)17-14(18)8-5-6-12(19)9(15)7-8/h2-7,19H,1H3. The number of aromatic nitrogens is 2. The molecule has 3 rings (SSSR count). The van der Waals surface area contributed by atoms with Crippen LogP contribution in [0.3, 0.4) is 0 Å². The van der Waals surface area contributed by atoms with Crippen LogP contribution in [0.2, 0.25) is 5.02 Å². The summed E-state index contributed by atoms with van der Waals surface area (Å²) in [5.41, 5.74) is 1.75. The Hall–Kier alpha value is -2.07. The van der Waals surface area contributed by atoms with Crippen molar-refractivity contribution in [2.75, 3.05) is 0 Å². The highest BCUT2D eigenvalue weighted by Crippen LogP contribution is 2.30. The number of aryl methyl sites for hydroxylation is 1. The van der Waals surface area contributed by atoms with Crippen LogP contribution in [0.1, 0.15) is 0 Å². The lowest BCUT2D eigenvalue weighted by Gasteiger charge is -2.04. The first-order valence-corrected chi connectivity index (χ1v) is 6.05. The molecular weight excluding hydrogens is 267 g/mol. The Kier molecular flexibility index (Phi) is 2.68. The summed E-state index contributed by atoms with van der Waals surface area (Å²) in [4.78, 5) is 4.30. The minimum atomic E-state index is -0.357. The highest BCUT2D eigenvalue weighted by Gasteiger charge is 2.13. The summed E-state index contributed by atoms with van der Waals surface area (Å²) in [5.74, 6) is 0.251. The average Bonchev–Trinajstić information content (AvgIpc) is 2.72. The number of hydrogen-bond acceptors (Lipinski definition) is 2. The largest absolute Gasteiger partial charge is 0.506 e. The third-order valence-electron chi connectivity index (χ3n) is 3.07. The number of imidazole rings is 1. The molecule has 3 aromatic rings. The molecule has 0 aliphatic heterocycles. The van der Waals surface area contributed by atoms with Crippen LogP contribution in [0.15, 0.2) is 36.4 Å². The maximum atomic E-state index is 13.7. The Balaban J connectivity index is 2.28. The zero-order chi connectivity index (χ0) is 13.6. The van der Waals surface area contributed by atoms with E-state index < -0.39 is 0 Å². The molecule has 1 heterocycles. The number of rotatable bonds is 1. The van der Waals surface area contributed by atoms with Crippen LogP contribution in [0.25, 0.3) is 22.4 Å². The number of hydrogen-bond donors (Lipinski definition) is 1. The molecule has 1 aromatic heterocycles. The highest BCUT2D eigenvalue weighted by molar-refractivity contribution is 6.32. The van der Waals surface area contributed by atoms with Crippen LogP contribution < -0.4 is 0 Å². The van der Waals surface area contributed by atoms with Gasteiger partial charge in [0, 0.05) is 12.6 Å². The third-order valence-corrected chi connectivity index (χ3v) is 3.37. The van der Waals surface area contributed by atoms with E-state index in [9.17, 15) is 9.50 Å².